The first-order valence-corrected chi connectivity index (χ1v) is 12.0. The maximum Gasteiger partial charge on any atom is 0.433 e. The van der Waals surface area contributed by atoms with Gasteiger partial charge in [-0.1, -0.05) is 36.4 Å². The fraction of sp³-hybridized carbons (Fsp3) is 0.154. The molecule has 1 atom stereocenters. The minimum atomic E-state index is -4.61. The van der Waals surface area contributed by atoms with Crippen LogP contribution in [0.4, 0.5) is 19.1 Å². The summed E-state index contributed by atoms with van der Waals surface area (Å²) in [5, 5.41) is 12.1. The summed E-state index contributed by atoms with van der Waals surface area (Å²) in [5.41, 5.74) is 4.89. The van der Waals surface area contributed by atoms with Crippen molar-refractivity contribution in [2.45, 2.75) is 25.2 Å². The van der Waals surface area contributed by atoms with Crippen molar-refractivity contribution in [2.24, 2.45) is 0 Å². The van der Waals surface area contributed by atoms with Crippen molar-refractivity contribution in [3.63, 3.8) is 0 Å². The number of benzene rings is 1. The number of fused-ring (bicyclic) bond motifs is 3. The van der Waals surface area contributed by atoms with Gasteiger partial charge in [-0.25, -0.2) is 14.6 Å². The number of amides is 1. The molecular formula is C26H20F3N9O2. The van der Waals surface area contributed by atoms with E-state index in [1.54, 1.807) is 49.4 Å². The van der Waals surface area contributed by atoms with E-state index in [2.05, 4.69) is 30.5 Å². The van der Waals surface area contributed by atoms with E-state index in [1.165, 1.54) is 33.8 Å². The van der Waals surface area contributed by atoms with Gasteiger partial charge in [0.05, 0.1) is 30.1 Å². The normalized spacial score (nSPS) is 13.5. The van der Waals surface area contributed by atoms with Crippen LogP contribution in [0, 0.1) is 0 Å². The van der Waals surface area contributed by atoms with Gasteiger partial charge in [-0.2, -0.15) is 27.8 Å². The van der Waals surface area contributed by atoms with Crippen LogP contribution in [0.2, 0.25) is 0 Å². The molecule has 202 valence electrons. The van der Waals surface area contributed by atoms with Crippen LogP contribution in [-0.4, -0.2) is 40.3 Å². The molecular weight excluding hydrogens is 527 g/mol. The number of alkyl halides is 3. The van der Waals surface area contributed by atoms with Crippen molar-refractivity contribution in [3.8, 4) is 11.6 Å². The second kappa shape index (κ2) is 9.18. The van der Waals surface area contributed by atoms with Crippen LogP contribution in [-0.2, 0) is 23.1 Å². The predicted molar refractivity (Wildman–Crippen MR) is 136 cm³/mol. The molecule has 6 aromatic rings. The van der Waals surface area contributed by atoms with E-state index in [0.717, 1.165) is 6.07 Å². The first-order chi connectivity index (χ1) is 19.2. The summed E-state index contributed by atoms with van der Waals surface area (Å²) >= 11 is 0. The van der Waals surface area contributed by atoms with Gasteiger partial charge in [-0.15, -0.1) is 5.10 Å². The molecule has 1 amide bonds. The minimum Gasteiger partial charge on any atom is -0.461 e. The van der Waals surface area contributed by atoms with Gasteiger partial charge >= 0.3 is 6.18 Å². The van der Waals surface area contributed by atoms with E-state index in [1.807, 2.05) is 0 Å². The number of halogens is 3. The van der Waals surface area contributed by atoms with Crippen LogP contribution >= 0.6 is 0 Å². The number of nitrogens with two attached hydrogens (primary N) is 1. The largest absolute Gasteiger partial charge is 0.461 e. The number of aromatic nitrogens is 7. The van der Waals surface area contributed by atoms with Crippen LogP contribution in [0.25, 0.3) is 28.3 Å². The highest BCUT2D eigenvalue weighted by atomic mass is 19.4. The number of carbonyl (C=O) groups is 1. The number of nitrogens with one attached hydrogen (secondary N) is 1. The topological polar surface area (TPSA) is 142 Å². The summed E-state index contributed by atoms with van der Waals surface area (Å²) in [4.78, 5) is 26.5. The van der Waals surface area contributed by atoms with Crippen molar-refractivity contribution in [2.75, 3.05) is 5.73 Å². The average molecular weight is 548 g/mol. The summed E-state index contributed by atoms with van der Waals surface area (Å²) in [6.07, 6.45) is -1.61. The quantitative estimate of drug-likeness (QED) is 0.321. The zero-order chi connectivity index (χ0) is 28.1. The van der Waals surface area contributed by atoms with Crippen molar-refractivity contribution < 1.29 is 22.4 Å². The smallest absolute Gasteiger partial charge is 0.433 e. The molecule has 40 heavy (non-hydrogen) atoms. The van der Waals surface area contributed by atoms with E-state index < -0.39 is 23.3 Å². The third kappa shape index (κ3) is 4.09. The molecule has 3 N–H and O–H groups in total. The fourth-order valence-electron chi connectivity index (χ4n) is 4.44. The molecule has 0 radical (unpaired) electrons. The first-order valence-electron chi connectivity index (χ1n) is 12.0. The molecule has 14 heteroatoms. The fourth-order valence-corrected chi connectivity index (χ4v) is 4.44. The highest BCUT2D eigenvalue weighted by Gasteiger charge is 2.40. The number of hydrogen-bond acceptors (Lipinski definition) is 8. The SMILES string of the molecule is CC(C(=O)NCc1cccc(C(F)(F)F)n1)(c1ccccc1)n1ncc2c1nc(N)n1nc(-c3ccco3)nc21. The second-order valence-corrected chi connectivity index (χ2v) is 9.04. The van der Waals surface area contributed by atoms with E-state index in [4.69, 9.17) is 10.2 Å². The number of nitrogens with zero attached hydrogens (tertiary/aromatic N) is 7. The van der Waals surface area contributed by atoms with Crippen LogP contribution in [0.5, 0.6) is 0 Å². The van der Waals surface area contributed by atoms with Crippen LogP contribution in [0.3, 0.4) is 0 Å². The number of hydrogen-bond donors (Lipinski definition) is 2. The number of pyridine rings is 1. The zero-order valence-corrected chi connectivity index (χ0v) is 20.8. The lowest BCUT2D eigenvalue weighted by molar-refractivity contribution is -0.141. The van der Waals surface area contributed by atoms with Crippen molar-refractivity contribution >= 4 is 28.5 Å². The Hall–Kier alpha value is -5.27. The number of carbonyl (C=O) groups excluding carboxylic acids is 1. The molecule has 0 fully saturated rings. The zero-order valence-electron chi connectivity index (χ0n) is 20.8. The Bertz CT molecular complexity index is 1850. The Morgan fingerprint density at radius 3 is 2.52 bits per heavy atom. The summed E-state index contributed by atoms with van der Waals surface area (Å²) in [6.45, 7) is 1.38. The predicted octanol–water partition coefficient (Wildman–Crippen LogP) is 3.81. The highest BCUT2D eigenvalue weighted by Crippen LogP contribution is 2.32. The second-order valence-electron chi connectivity index (χ2n) is 9.04. The summed E-state index contributed by atoms with van der Waals surface area (Å²) < 4.78 is 47.6. The van der Waals surface area contributed by atoms with Crippen molar-refractivity contribution in [3.05, 3.63) is 90.1 Å². The van der Waals surface area contributed by atoms with Gasteiger partial charge < -0.3 is 15.5 Å². The molecule has 11 nitrogen and oxygen atoms in total. The van der Waals surface area contributed by atoms with Gasteiger partial charge in [-0.05, 0) is 36.8 Å². The van der Waals surface area contributed by atoms with Crippen LogP contribution in [0.15, 0.2) is 77.5 Å². The van der Waals surface area contributed by atoms with Gasteiger partial charge in [0.1, 0.15) is 5.69 Å². The molecule has 5 heterocycles. The van der Waals surface area contributed by atoms with E-state index in [9.17, 15) is 18.0 Å². The lowest BCUT2D eigenvalue weighted by atomic mass is 9.91. The van der Waals surface area contributed by atoms with E-state index >= 15 is 0 Å². The highest BCUT2D eigenvalue weighted by molar-refractivity contribution is 5.94. The Morgan fingerprint density at radius 1 is 1.00 bits per heavy atom. The molecule has 0 spiro atoms. The lowest BCUT2D eigenvalue weighted by Crippen LogP contribution is -2.48. The van der Waals surface area contributed by atoms with Crippen LogP contribution in [0.1, 0.15) is 23.9 Å². The molecule has 0 aliphatic carbocycles. The average Bonchev–Trinajstić information content (AvgIpc) is 3.71. The molecule has 6 rings (SSSR count). The third-order valence-electron chi connectivity index (χ3n) is 6.50. The lowest BCUT2D eigenvalue weighted by Gasteiger charge is -2.30. The van der Waals surface area contributed by atoms with Gasteiger partial charge in [0.15, 0.2) is 22.6 Å². The van der Waals surface area contributed by atoms with Gasteiger partial charge in [0.2, 0.25) is 11.8 Å². The van der Waals surface area contributed by atoms with Gasteiger partial charge in [0.25, 0.3) is 5.91 Å². The Kier molecular flexibility index (Phi) is 5.75. The molecule has 0 saturated carbocycles. The van der Waals surface area contributed by atoms with E-state index in [-0.39, 0.29) is 29.7 Å². The maximum absolute atomic E-state index is 13.8. The van der Waals surface area contributed by atoms with Crippen molar-refractivity contribution in [1.82, 2.24) is 39.7 Å². The molecule has 5 aromatic heterocycles. The molecule has 0 aliphatic rings. The molecule has 0 bridgehead atoms. The van der Waals surface area contributed by atoms with E-state index in [0.29, 0.717) is 22.4 Å². The summed E-state index contributed by atoms with van der Waals surface area (Å²) in [7, 11) is 0. The number of rotatable bonds is 6. The molecule has 0 aliphatic heterocycles. The molecule has 1 aromatic carbocycles. The maximum atomic E-state index is 13.8. The number of anilines is 1. The Labute approximate surface area is 223 Å². The Balaban J connectivity index is 1.43. The van der Waals surface area contributed by atoms with Gasteiger partial charge in [0, 0.05) is 0 Å². The van der Waals surface area contributed by atoms with Crippen molar-refractivity contribution in [1.29, 1.82) is 0 Å². The molecule has 0 saturated heterocycles. The Morgan fingerprint density at radius 2 is 1.80 bits per heavy atom. The summed E-state index contributed by atoms with van der Waals surface area (Å²) in [6, 6.07) is 15.7. The molecule has 1 unspecified atom stereocenters. The van der Waals surface area contributed by atoms with Gasteiger partial charge in [-0.3, -0.25) is 4.79 Å². The first kappa shape index (κ1) is 25.0. The number of nitrogen functional groups attached to an aromatic ring is 1. The van der Waals surface area contributed by atoms with Crippen LogP contribution < -0.4 is 11.1 Å². The third-order valence-corrected chi connectivity index (χ3v) is 6.50. The standard InChI is InChI=1S/C26H20F3N9O2/c1-25(15-7-3-2-4-8-15,23(39)31-13-16-9-5-11-19(33-16)26(27,28)29)38-22-17(14-32-38)21-34-20(18-10-6-12-40-18)36-37(21)24(30)35-22/h2-12,14H,13H2,1H3,(H2,30,35)(H,31,39). The summed E-state index contributed by atoms with van der Waals surface area (Å²) in [5.74, 6) is 0.163. The minimum absolute atomic E-state index is 0.00135. The number of furan rings is 1. The monoisotopic (exact) mass is 547 g/mol.